The number of aliphatic imine (C=N–C) groups is 2. The SMILES string of the molecule is CCC1=NCN=C1Cc1cc(C=CC(=O)N2c3cc(OC4(O)OC(CO)C(O)C(O)C4O)c(O)cc3C3C(C4(c5ccccc5)CCCC4N)C=CC32C(=O)O)ccc1O. The van der Waals surface area contributed by atoms with Gasteiger partial charge in [0.1, 0.15) is 30.7 Å². The number of carboxylic acid groups (broad SMARTS) is 1. The van der Waals surface area contributed by atoms with Crippen molar-refractivity contribution in [3.05, 3.63) is 101 Å². The molecule has 60 heavy (non-hydrogen) atoms. The summed E-state index contributed by atoms with van der Waals surface area (Å²) in [7, 11) is 0. The zero-order valence-corrected chi connectivity index (χ0v) is 32.7. The van der Waals surface area contributed by atoms with Crippen molar-refractivity contribution in [1.29, 1.82) is 0 Å². The van der Waals surface area contributed by atoms with E-state index in [1.54, 1.807) is 18.2 Å². The molecule has 316 valence electrons. The molecule has 3 aliphatic heterocycles. The van der Waals surface area contributed by atoms with Crippen molar-refractivity contribution in [2.24, 2.45) is 21.6 Å². The molecular weight excluding hydrogens is 776 g/mol. The lowest BCUT2D eigenvalue weighted by Crippen LogP contribution is -2.67. The van der Waals surface area contributed by atoms with Crippen molar-refractivity contribution in [3.8, 4) is 17.2 Å². The molecule has 3 aromatic rings. The Morgan fingerprint density at radius 2 is 1.77 bits per heavy atom. The summed E-state index contributed by atoms with van der Waals surface area (Å²) in [6.45, 7) is 1.39. The van der Waals surface area contributed by atoms with Crippen LogP contribution in [0.25, 0.3) is 6.08 Å². The summed E-state index contributed by atoms with van der Waals surface area (Å²) in [5, 5.41) is 86.3. The number of carbonyl (C=O) groups is 2. The molecule has 5 aliphatic rings. The van der Waals surface area contributed by atoms with Crippen LogP contribution < -0.4 is 15.4 Å². The van der Waals surface area contributed by atoms with Gasteiger partial charge in [-0.25, -0.2) is 4.79 Å². The molecule has 3 aromatic carbocycles. The fourth-order valence-electron chi connectivity index (χ4n) is 10.0. The summed E-state index contributed by atoms with van der Waals surface area (Å²) >= 11 is 0. The fraction of sp³-hybridized carbons (Fsp3) is 0.409. The topological polar surface area (TPSA) is 268 Å². The Bertz CT molecular complexity index is 2310. The molecule has 1 amide bonds. The Morgan fingerprint density at radius 3 is 2.45 bits per heavy atom. The van der Waals surface area contributed by atoms with Gasteiger partial charge in [0.2, 0.25) is 0 Å². The Hall–Kier alpha value is -5.46. The lowest BCUT2D eigenvalue weighted by Gasteiger charge is -2.44. The van der Waals surface area contributed by atoms with Gasteiger partial charge in [-0.1, -0.05) is 61.9 Å². The van der Waals surface area contributed by atoms with Crippen molar-refractivity contribution in [1.82, 2.24) is 0 Å². The number of hydrogen-bond acceptors (Lipinski definition) is 14. The van der Waals surface area contributed by atoms with Gasteiger partial charge in [-0.15, -0.1) is 0 Å². The highest BCUT2D eigenvalue weighted by atomic mass is 16.8. The zero-order valence-electron chi connectivity index (χ0n) is 32.7. The van der Waals surface area contributed by atoms with Crippen LogP contribution in [0.1, 0.15) is 60.8 Å². The highest BCUT2D eigenvalue weighted by Gasteiger charge is 2.67. The van der Waals surface area contributed by atoms with Gasteiger partial charge < -0.3 is 56.1 Å². The first-order chi connectivity index (χ1) is 28.7. The number of aliphatic hydroxyl groups excluding tert-OH is 4. The number of benzene rings is 3. The number of hydrogen-bond donors (Lipinski definition) is 9. The van der Waals surface area contributed by atoms with E-state index in [0.29, 0.717) is 43.5 Å². The number of aliphatic carboxylic acids is 1. The molecule has 0 bridgehead atoms. The molecule has 2 fully saturated rings. The molecule has 10 atom stereocenters. The maximum atomic E-state index is 14.8. The maximum absolute atomic E-state index is 14.8. The van der Waals surface area contributed by atoms with E-state index in [1.807, 2.05) is 37.3 Å². The largest absolute Gasteiger partial charge is 0.508 e. The second kappa shape index (κ2) is 15.5. The monoisotopic (exact) mass is 824 g/mol. The van der Waals surface area contributed by atoms with E-state index in [9.17, 15) is 50.4 Å². The number of phenols is 2. The van der Waals surface area contributed by atoms with Crippen LogP contribution in [0.15, 0.2) is 88.9 Å². The Kier molecular flexibility index (Phi) is 10.7. The second-order valence-electron chi connectivity index (χ2n) is 16.1. The highest BCUT2D eigenvalue weighted by molar-refractivity contribution is 6.43. The first-order valence-electron chi connectivity index (χ1n) is 20.0. The maximum Gasteiger partial charge on any atom is 0.355 e. The lowest BCUT2D eigenvalue weighted by atomic mass is 9.61. The van der Waals surface area contributed by atoms with E-state index in [2.05, 4.69) is 9.98 Å². The van der Waals surface area contributed by atoms with Gasteiger partial charge in [0.05, 0.1) is 23.7 Å². The minimum absolute atomic E-state index is 0.0146. The second-order valence-corrected chi connectivity index (χ2v) is 16.1. The number of amides is 1. The van der Waals surface area contributed by atoms with Gasteiger partial charge in [-0.3, -0.25) is 19.7 Å². The van der Waals surface area contributed by atoms with Gasteiger partial charge in [0, 0.05) is 41.5 Å². The smallest absolute Gasteiger partial charge is 0.355 e. The van der Waals surface area contributed by atoms with Crippen molar-refractivity contribution in [2.75, 3.05) is 18.2 Å². The van der Waals surface area contributed by atoms with Gasteiger partial charge in [0.25, 0.3) is 5.91 Å². The lowest BCUT2D eigenvalue weighted by molar-refractivity contribution is -0.422. The summed E-state index contributed by atoms with van der Waals surface area (Å²) in [5.41, 5.74) is 7.92. The summed E-state index contributed by atoms with van der Waals surface area (Å²) in [4.78, 5) is 38.7. The number of fused-ring (bicyclic) bond motifs is 3. The number of allylic oxidation sites excluding steroid dienone is 1. The van der Waals surface area contributed by atoms with Crippen molar-refractivity contribution in [2.45, 2.75) is 92.3 Å². The zero-order chi connectivity index (χ0) is 42.7. The Balaban J connectivity index is 1.24. The van der Waals surface area contributed by atoms with Crippen LogP contribution in [0.2, 0.25) is 0 Å². The summed E-state index contributed by atoms with van der Waals surface area (Å²) in [6, 6.07) is 16.3. The molecule has 0 radical (unpaired) electrons. The molecule has 3 heterocycles. The minimum atomic E-state index is -3.13. The van der Waals surface area contributed by atoms with Gasteiger partial charge >= 0.3 is 11.9 Å². The van der Waals surface area contributed by atoms with Crippen molar-refractivity contribution in [3.63, 3.8) is 0 Å². The number of ether oxygens (including phenoxy) is 2. The molecule has 1 saturated carbocycles. The van der Waals surface area contributed by atoms with E-state index in [-0.39, 0.29) is 17.0 Å². The third kappa shape index (κ3) is 6.41. The van der Waals surface area contributed by atoms with E-state index in [0.717, 1.165) is 34.4 Å². The molecule has 0 spiro atoms. The average Bonchev–Trinajstić information content (AvgIpc) is 4.02. The summed E-state index contributed by atoms with van der Waals surface area (Å²) < 4.78 is 10.9. The quantitative estimate of drug-likeness (QED) is 0.0762. The van der Waals surface area contributed by atoms with E-state index in [1.165, 1.54) is 30.4 Å². The van der Waals surface area contributed by atoms with E-state index >= 15 is 0 Å². The number of carboxylic acids is 1. The molecule has 2 aliphatic carbocycles. The van der Waals surface area contributed by atoms with Gasteiger partial charge in [-0.2, -0.15) is 0 Å². The molecule has 16 nitrogen and oxygen atoms in total. The molecule has 10 unspecified atom stereocenters. The highest BCUT2D eigenvalue weighted by Crippen LogP contribution is 2.64. The van der Waals surface area contributed by atoms with Crippen LogP contribution in [0.4, 0.5) is 5.69 Å². The molecular formula is C44H48N4O12. The van der Waals surface area contributed by atoms with Gasteiger partial charge in [0.15, 0.2) is 23.1 Å². The number of aliphatic hydroxyl groups is 5. The van der Waals surface area contributed by atoms with E-state index in [4.69, 9.17) is 15.2 Å². The van der Waals surface area contributed by atoms with Crippen LogP contribution in [0.3, 0.4) is 0 Å². The minimum Gasteiger partial charge on any atom is -0.508 e. The van der Waals surface area contributed by atoms with Gasteiger partial charge in [-0.05, 0) is 66.1 Å². The predicted molar refractivity (Wildman–Crippen MR) is 218 cm³/mol. The Morgan fingerprint density at radius 1 is 1.02 bits per heavy atom. The number of anilines is 1. The van der Waals surface area contributed by atoms with Crippen LogP contribution in [0, 0.1) is 5.92 Å². The first-order valence-corrected chi connectivity index (χ1v) is 20.0. The first kappa shape index (κ1) is 41.3. The summed E-state index contributed by atoms with van der Waals surface area (Å²) in [5.74, 6) is -8.10. The number of phenolic OH excluding ortho intramolecular Hbond substituents is 2. The molecule has 1 saturated heterocycles. The predicted octanol–water partition coefficient (Wildman–Crippen LogP) is 2.00. The fourth-order valence-corrected chi connectivity index (χ4v) is 10.0. The number of nitrogens with two attached hydrogens (primary N) is 1. The van der Waals surface area contributed by atoms with Crippen molar-refractivity contribution >= 4 is 35.1 Å². The molecule has 10 N–H and O–H groups in total. The van der Waals surface area contributed by atoms with Crippen LogP contribution in [-0.2, 0) is 26.2 Å². The Labute approximate surface area is 344 Å². The number of nitrogens with zero attached hydrogens (tertiary/aromatic N) is 3. The third-order valence-corrected chi connectivity index (χ3v) is 12.9. The number of rotatable bonds is 11. The molecule has 8 rings (SSSR count). The van der Waals surface area contributed by atoms with Crippen LogP contribution in [-0.4, -0.2) is 119 Å². The normalized spacial score (nSPS) is 33.2. The third-order valence-electron chi connectivity index (χ3n) is 12.9. The average molecular weight is 825 g/mol. The van der Waals surface area contributed by atoms with Crippen molar-refractivity contribution < 1.29 is 59.9 Å². The summed E-state index contributed by atoms with van der Waals surface area (Å²) in [6.07, 6.45) is 1.19. The standard InChI is InChI=1S/C44H48N4O12/c1-2-28-29(47-22-46-28)18-24-17-23(10-12-31(24)50)11-13-36(52)48-30-20-33(59-44(58)40(55)39(54)38(53)34(21-49)60-44)32(51)19-26(30)37-27(14-16-43(37,48)41(56)57)42(15-6-9-35(42)45)25-7-4-3-5-8-25/h3-5,7-8,10-14,16-17,19-20,27,34-35,37-40,49-51,53-55,58H,2,6,9,15,18,21-22,45H2,1H3,(H,56,57). The number of carbonyl (C=O) groups excluding carboxylic acids is 1. The molecule has 0 aromatic heterocycles. The molecule has 16 heteroatoms. The van der Waals surface area contributed by atoms with E-state index < -0.39 is 89.2 Å². The van der Waals surface area contributed by atoms with Crippen LogP contribution >= 0.6 is 0 Å². The number of aromatic hydroxyl groups is 2. The van der Waals surface area contributed by atoms with Crippen LogP contribution in [0.5, 0.6) is 17.2 Å².